The predicted molar refractivity (Wildman–Crippen MR) is 71.1 cm³/mol. The molecular formula is C11H21N3O2S. The average molecular weight is 259 g/mol. The Morgan fingerprint density at radius 1 is 1.35 bits per heavy atom. The monoisotopic (exact) mass is 259 g/mol. The van der Waals surface area contributed by atoms with Gasteiger partial charge in [0.05, 0.1) is 10.9 Å². The van der Waals surface area contributed by atoms with Crippen LogP contribution in [0.1, 0.15) is 34.1 Å². The van der Waals surface area contributed by atoms with E-state index in [1.165, 1.54) is 0 Å². The molecule has 0 fully saturated rings. The Balaban J connectivity index is 4.97. The Bertz CT molecular complexity index is 331. The standard InChI is InChI=1S/C11H21N3O2S/c1-5-7(8(12)17)9(15)14-11(4,6(2)3)10(13)16/h6-7H,5H2,1-4H3,(H2,12,17)(H2,13,16)(H,14,15). The Hall–Kier alpha value is -1.17. The first-order valence-electron chi connectivity index (χ1n) is 5.58. The lowest BCUT2D eigenvalue weighted by molar-refractivity contribution is -0.133. The van der Waals surface area contributed by atoms with Crippen LogP contribution >= 0.6 is 12.2 Å². The van der Waals surface area contributed by atoms with Gasteiger partial charge in [-0.3, -0.25) is 9.59 Å². The van der Waals surface area contributed by atoms with E-state index in [1.807, 2.05) is 13.8 Å². The van der Waals surface area contributed by atoms with E-state index < -0.39 is 17.4 Å². The average Bonchev–Trinajstić information content (AvgIpc) is 2.16. The van der Waals surface area contributed by atoms with Crippen molar-refractivity contribution in [1.29, 1.82) is 0 Å². The molecule has 0 aliphatic heterocycles. The van der Waals surface area contributed by atoms with Crippen molar-refractivity contribution in [3.63, 3.8) is 0 Å². The molecule has 0 aromatic rings. The molecule has 0 aromatic heterocycles. The molecule has 0 heterocycles. The fourth-order valence-electron chi connectivity index (χ4n) is 1.35. The third-order valence-corrected chi connectivity index (χ3v) is 3.40. The maximum absolute atomic E-state index is 12.0. The first-order chi connectivity index (χ1) is 7.66. The van der Waals surface area contributed by atoms with Gasteiger partial charge in [-0.1, -0.05) is 33.0 Å². The van der Waals surface area contributed by atoms with Gasteiger partial charge in [0.15, 0.2) is 0 Å². The molecule has 0 aliphatic rings. The van der Waals surface area contributed by atoms with Gasteiger partial charge >= 0.3 is 0 Å². The van der Waals surface area contributed by atoms with E-state index in [0.717, 1.165) is 0 Å². The molecule has 98 valence electrons. The van der Waals surface area contributed by atoms with Crippen LogP contribution < -0.4 is 16.8 Å². The molecule has 0 saturated carbocycles. The summed E-state index contributed by atoms with van der Waals surface area (Å²) in [7, 11) is 0. The van der Waals surface area contributed by atoms with Crippen LogP contribution in [0.4, 0.5) is 0 Å². The highest BCUT2D eigenvalue weighted by Gasteiger charge is 2.38. The van der Waals surface area contributed by atoms with Gasteiger partial charge in [0, 0.05) is 0 Å². The van der Waals surface area contributed by atoms with E-state index in [-0.39, 0.29) is 16.8 Å². The lowest BCUT2D eigenvalue weighted by Crippen LogP contribution is -2.60. The van der Waals surface area contributed by atoms with Gasteiger partial charge < -0.3 is 16.8 Å². The number of carbonyl (C=O) groups excluding carboxylic acids is 2. The number of nitrogens with one attached hydrogen (secondary N) is 1. The van der Waals surface area contributed by atoms with Crippen LogP contribution in [0, 0.1) is 11.8 Å². The number of nitrogens with two attached hydrogens (primary N) is 2. The molecule has 6 heteroatoms. The van der Waals surface area contributed by atoms with Crippen LogP contribution in [-0.4, -0.2) is 22.3 Å². The Kier molecular flexibility index (Phi) is 5.54. The number of rotatable bonds is 6. The van der Waals surface area contributed by atoms with E-state index in [0.29, 0.717) is 6.42 Å². The maximum atomic E-state index is 12.0. The van der Waals surface area contributed by atoms with Crippen molar-refractivity contribution in [3.8, 4) is 0 Å². The summed E-state index contributed by atoms with van der Waals surface area (Å²) in [5.41, 5.74) is 9.71. The summed E-state index contributed by atoms with van der Waals surface area (Å²) in [5, 5.41) is 2.64. The minimum Gasteiger partial charge on any atom is -0.393 e. The van der Waals surface area contributed by atoms with Gasteiger partial charge in [0.25, 0.3) is 0 Å². The van der Waals surface area contributed by atoms with Crippen LogP contribution in [0.5, 0.6) is 0 Å². The van der Waals surface area contributed by atoms with Crippen molar-refractivity contribution in [2.45, 2.75) is 39.7 Å². The minimum absolute atomic E-state index is 0.118. The number of carbonyl (C=O) groups is 2. The second kappa shape index (κ2) is 5.95. The molecule has 0 aliphatic carbocycles. The van der Waals surface area contributed by atoms with Gasteiger partial charge in [0.2, 0.25) is 11.8 Å². The highest BCUT2D eigenvalue weighted by atomic mass is 32.1. The smallest absolute Gasteiger partial charge is 0.243 e. The summed E-state index contributed by atoms with van der Waals surface area (Å²) in [6.45, 7) is 7.03. The second-order valence-corrected chi connectivity index (χ2v) is 5.05. The zero-order chi connectivity index (χ0) is 13.8. The molecule has 0 radical (unpaired) electrons. The fraction of sp³-hybridized carbons (Fsp3) is 0.727. The quantitative estimate of drug-likeness (QED) is 0.598. The van der Waals surface area contributed by atoms with Gasteiger partial charge in [-0.25, -0.2) is 0 Å². The number of thiocarbonyl (C=S) groups is 1. The summed E-state index contributed by atoms with van der Waals surface area (Å²) in [6.07, 6.45) is 0.494. The third-order valence-electron chi connectivity index (χ3n) is 3.12. The summed E-state index contributed by atoms with van der Waals surface area (Å²) in [5.74, 6) is -1.61. The first-order valence-corrected chi connectivity index (χ1v) is 5.98. The zero-order valence-electron chi connectivity index (χ0n) is 10.7. The van der Waals surface area contributed by atoms with Crippen molar-refractivity contribution < 1.29 is 9.59 Å². The molecule has 0 saturated heterocycles. The fourth-order valence-corrected chi connectivity index (χ4v) is 1.62. The molecule has 17 heavy (non-hydrogen) atoms. The lowest BCUT2D eigenvalue weighted by atomic mass is 9.87. The molecule has 2 atom stereocenters. The number of amides is 2. The van der Waals surface area contributed by atoms with Gasteiger partial charge in [0.1, 0.15) is 5.54 Å². The van der Waals surface area contributed by atoms with E-state index in [9.17, 15) is 9.59 Å². The Morgan fingerprint density at radius 3 is 2.06 bits per heavy atom. The van der Waals surface area contributed by atoms with Crippen LogP contribution in [-0.2, 0) is 9.59 Å². The largest absolute Gasteiger partial charge is 0.393 e. The molecule has 2 amide bonds. The molecule has 0 rings (SSSR count). The topological polar surface area (TPSA) is 98.2 Å². The van der Waals surface area contributed by atoms with Crippen molar-refractivity contribution >= 4 is 29.0 Å². The Labute approximate surface area is 107 Å². The predicted octanol–water partition coefficient (Wildman–Crippen LogP) is 0.315. The SMILES string of the molecule is CCC(C(=O)NC(C)(C(N)=O)C(C)C)C(N)=S. The first kappa shape index (κ1) is 15.8. The molecule has 0 spiro atoms. The number of hydrogen-bond donors (Lipinski definition) is 3. The van der Waals surface area contributed by atoms with Crippen molar-refractivity contribution in [3.05, 3.63) is 0 Å². The molecule has 2 unspecified atom stereocenters. The molecule has 5 nitrogen and oxygen atoms in total. The summed E-state index contributed by atoms with van der Waals surface area (Å²) in [6, 6.07) is 0. The van der Waals surface area contributed by atoms with Gasteiger partial charge in [-0.05, 0) is 19.3 Å². The van der Waals surface area contributed by atoms with Crippen molar-refractivity contribution in [1.82, 2.24) is 5.32 Å². The number of hydrogen-bond acceptors (Lipinski definition) is 3. The summed E-state index contributed by atoms with van der Waals surface area (Å²) in [4.78, 5) is 23.5. The highest BCUT2D eigenvalue weighted by molar-refractivity contribution is 7.80. The van der Waals surface area contributed by atoms with Crippen LogP contribution in [0.15, 0.2) is 0 Å². The summed E-state index contributed by atoms with van der Waals surface area (Å²) >= 11 is 4.81. The van der Waals surface area contributed by atoms with E-state index in [1.54, 1.807) is 13.8 Å². The van der Waals surface area contributed by atoms with Crippen molar-refractivity contribution in [2.75, 3.05) is 0 Å². The van der Waals surface area contributed by atoms with Crippen LogP contribution in [0.25, 0.3) is 0 Å². The van der Waals surface area contributed by atoms with E-state index in [2.05, 4.69) is 5.32 Å². The zero-order valence-corrected chi connectivity index (χ0v) is 11.6. The van der Waals surface area contributed by atoms with E-state index >= 15 is 0 Å². The van der Waals surface area contributed by atoms with Crippen LogP contribution in [0.2, 0.25) is 0 Å². The van der Waals surface area contributed by atoms with Gasteiger partial charge in [-0.15, -0.1) is 0 Å². The molecule has 0 aromatic carbocycles. The molecule has 0 bridgehead atoms. The van der Waals surface area contributed by atoms with Crippen LogP contribution in [0.3, 0.4) is 0 Å². The Morgan fingerprint density at radius 2 is 1.82 bits per heavy atom. The molecular weight excluding hydrogens is 238 g/mol. The lowest BCUT2D eigenvalue weighted by Gasteiger charge is -2.32. The maximum Gasteiger partial charge on any atom is 0.243 e. The highest BCUT2D eigenvalue weighted by Crippen LogP contribution is 2.17. The van der Waals surface area contributed by atoms with Gasteiger partial charge in [-0.2, -0.15) is 0 Å². The van der Waals surface area contributed by atoms with E-state index in [4.69, 9.17) is 23.7 Å². The summed E-state index contributed by atoms with van der Waals surface area (Å²) < 4.78 is 0. The number of primary amides is 1. The minimum atomic E-state index is -1.09. The van der Waals surface area contributed by atoms with Crippen molar-refractivity contribution in [2.24, 2.45) is 23.3 Å². The second-order valence-electron chi connectivity index (χ2n) is 4.57. The molecule has 5 N–H and O–H groups in total. The normalized spacial score (nSPS) is 16.1. The third kappa shape index (κ3) is 3.66.